The number of halogens is 1. The molecule has 0 atom stereocenters. The van der Waals surface area contributed by atoms with Crippen molar-refractivity contribution in [3.8, 4) is 0 Å². The number of carbonyl (C=O) groups excluding carboxylic acids is 2. The number of carbonyl (C=O) groups is 2. The maximum atomic E-state index is 10.2. The van der Waals surface area contributed by atoms with Gasteiger partial charge in [0.25, 0.3) is 0 Å². The standard InChI is InChI=1S/C8H9NO2.C2H3ClO/c9-8(10)11-6-7-4-2-1-3-5-7;1-2(3)4/h1-5H,6H2,(H2,9,10);1H3. The molecule has 0 radical (unpaired) electrons. The molecule has 2 N–H and O–H groups in total. The van der Waals surface area contributed by atoms with E-state index in [1.165, 1.54) is 6.92 Å². The molecule has 1 rings (SSSR count). The molecule has 0 aliphatic heterocycles. The Kier molecular flexibility index (Phi) is 7.01. The Hall–Kier alpha value is -1.55. The first-order valence-corrected chi connectivity index (χ1v) is 4.52. The van der Waals surface area contributed by atoms with Crippen molar-refractivity contribution in [2.75, 3.05) is 0 Å². The summed E-state index contributed by atoms with van der Waals surface area (Å²) >= 11 is 4.64. The topological polar surface area (TPSA) is 69.4 Å². The van der Waals surface area contributed by atoms with Crippen LogP contribution in [0.3, 0.4) is 0 Å². The van der Waals surface area contributed by atoms with Gasteiger partial charge in [-0.1, -0.05) is 30.3 Å². The molecule has 4 nitrogen and oxygen atoms in total. The number of rotatable bonds is 2. The zero-order chi connectivity index (χ0) is 11.7. The van der Waals surface area contributed by atoms with E-state index in [1.807, 2.05) is 30.3 Å². The van der Waals surface area contributed by atoms with Gasteiger partial charge in [-0.15, -0.1) is 0 Å². The fourth-order valence-corrected chi connectivity index (χ4v) is 0.729. The summed E-state index contributed by atoms with van der Waals surface area (Å²) in [7, 11) is 0. The second-order valence-corrected chi connectivity index (χ2v) is 3.10. The van der Waals surface area contributed by atoms with Crippen LogP contribution in [0.5, 0.6) is 0 Å². The van der Waals surface area contributed by atoms with E-state index in [1.54, 1.807) is 0 Å². The highest BCUT2D eigenvalue weighted by molar-refractivity contribution is 6.62. The molecule has 0 unspecified atom stereocenters. The SMILES string of the molecule is CC(=O)Cl.NC(=O)OCc1ccccc1. The first-order valence-electron chi connectivity index (χ1n) is 4.14. The summed E-state index contributed by atoms with van der Waals surface area (Å²) in [4.78, 5) is 19.4. The number of hydrogen-bond donors (Lipinski definition) is 1. The second kappa shape index (κ2) is 7.82. The Bertz CT molecular complexity index is 310. The van der Waals surface area contributed by atoms with Crippen LogP contribution < -0.4 is 5.73 Å². The van der Waals surface area contributed by atoms with Crippen LogP contribution in [0.25, 0.3) is 0 Å². The zero-order valence-electron chi connectivity index (χ0n) is 8.27. The van der Waals surface area contributed by atoms with E-state index in [9.17, 15) is 9.59 Å². The maximum Gasteiger partial charge on any atom is 0.404 e. The zero-order valence-corrected chi connectivity index (χ0v) is 9.03. The highest BCUT2D eigenvalue weighted by Crippen LogP contribution is 1.99. The van der Waals surface area contributed by atoms with E-state index in [-0.39, 0.29) is 11.8 Å². The van der Waals surface area contributed by atoms with Crippen molar-refractivity contribution in [1.29, 1.82) is 0 Å². The molecule has 0 spiro atoms. The van der Waals surface area contributed by atoms with Crippen molar-refractivity contribution in [3.63, 3.8) is 0 Å². The first-order chi connectivity index (χ1) is 7.02. The van der Waals surface area contributed by atoms with Crippen molar-refractivity contribution in [2.45, 2.75) is 13.5 Å². The van der Waals surface area contributed by atoms with Gasteiger partial charge in [0.15, 0.2) is 0 Å². The lowest BCUT2D eigenvalue weighted by Crippen LogP contribution is -2.12. The molecule has 0 aliphatic rings. The Morgan fingerprint density at radius 3 is 2.20 bits per heavy atom. The predicted octanol–water partition coefficient (Wildman–Crippen LogP) is 2.05. The number of amides is 1. The van der Waals surface area contributed by atoms with Crippen molar-refractivity contribution < 1.29 is 14.3 Å². The summed E-state index contributed by atoms with van der Waals surface area (Å²) in [6.07, 6.45) is -0.742. The van der Waals surface area contributed by atoms with Crippen LogP contribution in [0, 0.1) is 0 Å². The van der Waals surface area contributed by atoms with Gasteiger partial charge >= 0.3 is 6.09 Å². The average molecular weight is 230 g/mol. The molecule has 0 heterocycles. The van der Waals surface area contributed by atoms with Gasteiger partial charge in [0.2, 0.25) is 5.24 Å². The third-order valence-electron chi connectivity index (χ3n) is 1.22. The molecule has 82 valence electrons. The molecular formula is C10H12ClNO3. The molecule has 1 aromatic carbocycles. The number of primary amides is 1. The molecule has 0 saturated carbocycles. The second-order valence-electron chi connectivity index (χ2n) is 2.56. The van der Waals surface area contributed by atoms with Gasteiger partial charge in [-0.3, -0.25) is 4.79 Å². The van der Waals surface area contributed by atoms with Gasteiger partial charge in [-0.25, -0.2) is 4.79 Å². The highest BCUT2D eigenvalue weighted by Gasteiger charge is 1.93. The van der Waals surface area contributed by atoms with Crippen LogP contribution >= 0.6 is 11.6 Å². The molecule has 15 heavy (non-hydrogen) atoms. The number of benzene rings is 1. The minimum Gasteiger partial charge on any atom is -0.445 e. The molecular weight excluding hydrogens is 218 g/mol. The van der Waals surface area contributed by atoms with Crippen LogP contribution in [-0.2, 0) is 16.1 Å². The van der Waals surface area contributed by atoms with Gasteiger partial charge in [-0.05, 0) is 17.2 Å². The van der Waals surface area contributed by atoms with Crippen LogP contribution in [0.2, 0.25) is 0 Å². The fourth-order valence-electron chi connectivity index (χ4n) is 0.729. The Morgan fingerprint density at radius 1 is 1.33 bits per heavy atom. The summed E-state index contributed by atoms with van der Waals surface area (Å²) in [5, 5.41) is -0.361. The monoisotopic (exact) mass is 229 g/mol. The van der Waals surface area contributed by atoms with Crippen molar-refractivity contribution in [1.82, 2.24) is 0 Å². The minimum absolute atomic E-state index is 0.246. The van der Waals surface area contributed by atoms with E-state index >= 15 is 0 Å². The van der Waals surface area contributed by atoms with Gasteiger partial charge in [0, 0.05) is 6.92 Å². The van der Waals surface area contributed by atoms with Crippen LogP contribution in [-0.4, -0.2) is 11.3 Å². The summed E-state index contributed by atoms with van der Waals surface area (Å²) in [5.41, 5.74) is 5.72. The third kappa shape index (κ3) is 10.4. The van der Waals surface area contributed by atoms with E-state index in [0.717, 1.165) is 5.56 Å². The summed E-state index contributed by atoms with van der Waals surface area (Å²) in [6, 6.07) is 9.37. The quantitative estimate of drug-likeness (QED) is 0.789. The molecule has 0 aliphatic carbocycles. The van der Waals surface area contributed by atoms with Gasteiger partial charge in [0.1, 0.15) is 6.61 Å². The maximum absolute atomic E-state index is 10.2. The van der Waals surface area contributed by atoms with Crippen LogP contribution in [0.4, 0.5) is 4.79 Å². The Balaban J connectivity index is 0.000000423. The molecule has 0 aromatic heterocycles. The Morgan fingerprint density at radius 2 is 1.80 bits per heavy atom. The van der Waals surface area contributed by atoms with Crippen LogP contribution in [0.15, 0.2) is 30.3 Å². The molecule has 0 fully saturated rings. The lowest BCUT2D eigenvalue weighted by molar-refractivity contribution is -0.109. The number of nitrogens with two attached hydrogens (primary N) is 1. The summed E-state index contributed by atoms with van der Waals surface area (Å²) in [5.74, 6) is 0. The normalized spacial score (nSPS) is 8.40. The van der Waals surface area contributed by atoms with E-state index < -0.39 is 6.09 Å². The molecule has 0 bridgehead atoms. The van der Waals surface area contributed by atoms with E-state index in [4.69, 9.17) is 5.73 Å². The average Bonchev–Trinajstić information content (AvgIpc) is 2.15. The van der Waals surface area contributed by atoms with E-state index in [0.29, 0.717) is 0 Å². The molecule has 5 heteroatoms. The van der Waals surface area contributed by atoms with Crippen molar-refractivity contribution in [2.24, 2.45) is 5.73 Å². The molecule has 0 saturated heterocycles. The van der Waals surface area contributed by atoms with Crippen molar-refractivity contribution >= 4 is 22.9 Å². The largest absolute Gasteiger partial charge is 0.445 e. The minimum atomic E-state index is -0.742. The summed E-state index contributed by atoms with van der Waals surface area (Å²) in [6.45, 7) is 1.54. The lowest BCUT2D eigenvalue weighted by atomic mass is 10.2. The van der Waals surface area contributed by atoms with Gasteiger partial charge in [-0.2, -0.15) is 0 Å². The predicted molar refractivity (Wildman–Crippen MR) is 57.3 cm³/mol. The smallest absolute Gasteiger partial charge is 0.404 e. The fraction of sp³-hybridized carbons (Fsp3) is 0.200. The lowest BCUT2D eigenvalue weighted by Gasteiger charge is -1.99. The van der Waals surface area contributed by atoms with Gasteiger partial charge in [0.05, 0.1) is 0 Å². The van der Waals surface area contributed by atoms with Crippen molar-refractivity contribution in [3.05, 3.63) is 35.9 Å². The number of ether oxygens (including phenoxy) is 1. The molecule has 1 aromatic rings. The number of hydrogen-bond acceptors (Lipinski definition) is 3. The third-order valence-corrected chi connectivity index (χ3v) is 1.22. The summed E-state index contributed by atoms with van der Waals surface area (Å²) < 4.78 is 4.57. The van der Waals surface area contributed by atoms with Gasteiger partial charge < -0.3 is 10.5 Å². The molecule has 1 amide bonds. The first kappa shape index (κ1) is 13.4. The van der Waals surface area contributed by atoms with E-state index in [2.05, 4.69) is 16.3 Å². The Labute approximate surface area is 93.0 Å². The van der Waals surface area contributed by atoms with Crippen LogP contribution in [0.1, 0.15) is 12.5 Å². The highest BCUT2D eigenvalue weighted by atomic mass is 35.5.